The third kappa shape index (κ3) is 3.10. The number of benzene rings is 2. The number of hydrogen-bond donors (Lipinski definition) is 1. The zero-order valence-electron chi connectivity index (χ0n) is 13.1. The molecule has 1 N–H and O–H groups in total. The van der Waals surface area contributed by atoms with Crippen LogP contribution in [-0.2, 0) is 11.3 Å². The summed E-state index contributed by atoms with van der Waals surface area (Å²) in [7, 11) is 0. The lowest BCUT2D eigenvalue weighted by molar-refractivity contribution is -0.120. The predicted octanol–water partition coefficient (Wildman–Crippen LogP) is 3.39. The van der Waals surface area contributed by atoms with Crippen molar-refractivity contribution in [1.29, 1.82) is 0 Å². The molecule has 4 nitrogen and oxygen atoms in total. The van der Waals surface area contributed by atoms with Crippen molar-refractivity contribution in [3.05, 3.63) is 59.7 Å². The first-order chi connectivity index (χ1) is 11.1. The van der Waals surface area contributed by atoms with Crippen molar-refractivity contribution in [3.63, 3.8) is 0 Å². The molecule has 1 aliphatic rings. The molecule has 0 bridgehead atoms. The van der Waals surface area contributed by atoms with E-state index in [1.807, 2.05) is 54.8 Å². The third-order valence-electron chi connectivity index (χ3n) is 4.03. The maximum atomic E-state index is 12.5. The van der Waals surface area contributed by atoms with Crippen LogP contribution in [0.25, 0.3) is 0 Å². The Balaban J connectivity index is 1.72. The molecule has 0 aliphatic carbocycles. The number of carbonyl (C=O) groups is 2. The Morgan fingerprint density at radius 1 is 1.22 bits per heavy atom. The van der Waals surface area contributed by atoms with E-state index in [-0.39, 0.29) is 11.8 Å². The van der Waals surface area contributed by atoms with Gasteiger partial charge in [-0.2, -0.15) is 0 Å². The average Bonchev–Trinajstić information content (AvgIpc) is 2.91. The SMILES string of the molecule is CSc1cccc(NC(=O)C(C)N2Cc3ccccc3C2=O)c1. The average molecular weight is 326 g/mol. The Kier molecular flexibility index (Phi) is 4.39. The maximum Gasteiger partial charge on any atom is 0.255 e. The third-order valence-corrected chi connectivity index (χ3v) is 4.76. The predicted molar refractivity (Wildman–Crippen MR) is 92.6 cm³/mol. The molecule has 5 heteroatoms. The van der Waals surface area contributed by atoms with Crippen LogP contribution < -0.4 is 5.32 Å². The molecule has 1 unspecified atom stereocenters. The minimum absolute atomic E-state index is 0.0823. The number of nitrogens with one attached hydrogen (secondary N) is 1. The molecule has 0 fully saturated rings. The molecule has 3 rings (SSSR count). The zero-order valence-corrected chi connectivity index (χ0v) is 13.9. The first kappa shape index (κ1) is 15.6. The standard InChI is InChI=1S/C18H18N2O2S/c1-12(17(21)19-14-7-5-8-15(10-14)23-2)20-11-13-6-3-4-9-16(13)18(20)22/h3-10,12H,11H2,1-2H3,(H,19,21). The van der Waals surface area contributed by atoms with E-state index in [9.17, 15) is 9.59 Å². The molecule has 2 aromatic carbocycles. The molecule has 118 valence electrons. The van der Waals surface area contributed by atoms with Crippen molar-refractivity contribution < 1.29 is 9.59 Å². The van der Waals surface area contributed by atoms with Gasteiger partial charge >= 0.3 is 0 Å². The summed E-state index contributed by atoms with van der Waals surface area (Å²) in [4.78, 5) is 27.6. The van der Waals surface area contributed by atoms with Gasteiger partial charge in [0.1, 0.15) is 6.04 Å². The van der Waals surface area contributed by atoms with Gasteiger partial charge in [-0.15, -0.1) is 11.8 Å². The van der Waals surface area contributed by atoms with Gasteiger partial charge in [0.25, 0.3) is 5.91 Å². The summed E-state index contributed by atoms with van der Waals surface area (Å²) in [6.07, 6.45) is 1.99. The second-order valence-electron chi connectivity index (χ2n) is 5.49. The topological polar surface area (TPSA) is 49.4 Å². The van der Waals surface area contributed by atoms with Gasteiger partial charge in [-0.05, 0) is 43.0 Å². The second kappa shape index (κ2) is 6.46. The molecule has 1 atom stereocenters. The fourth-order valence-corrected chi connectivity index (χ4v) is 3.14. The number of fused-ring (bicyclic) bond motifs is 1. The number of anilines is 1. The highest BCUT2D eigenvalue weighted by Crippen LogP contribution is 2.25. The van der Waals surface area contributed by atoms with E-state index in [2.05, 4.69) is 5.32 Å². The van der Waals surface area contributed by atoms with E-state index >= 15 is 0 Å². The van der Waals surface area contributed by atoms with Gasteiger partial charge in [0.2, 0.25) is 5.91 Å². The summed E-state index contributed by atoms with van der Waals surface area (Å²) in [6.45, 7) is 2.24. The normalized spacial score (nSPS) is 14.5. The number of rotatable bonds is 4. The minimum Gasteiger partial charge on any atom is -0.324 e. The van der Waals surface area contributed by atoms with Crippen LogP contribution in [0.2, 0.25) is 0 Å². The zero-order chi connectivity index (χ0) is 16.4. The molecular weight excluding hydrogens is 308 g/mol. The Morgan fingerprint density at radius 2 is 2.00 bits per heavy atom. The largest absolute Gasteiger partial charge is 0.324 e. The molecule has 0 radical (unpaired) electrons. The summed E-state index contributed by atoms with van der Waals surface area (Å²) in [5, 5.41) is 2.89. The lowest BCUT2D eigenvalue weighted by atomic mass is 10.1. The van der Waals surface area contributed by atoms with Crippen LogP contribution in [0.3, 0.4) is 0 Å². The number of carbonyl (C=O) groups excluding carboxylic acids is 2. The van der Waals surface area contributed by atoms with Crippen molar-refractivity contribution in [1.82, 2.24) is 4.90 Å². The van der Waals surface area contributed by atoms with E-state index in [0.717, 1.165) is 16.1 Å². The van der Waals surface area contributed by atoms with Gasteiger partial charge in [-0.25, -0.2) is 0 Å². The highest BCUT2D eigenvalue weighted by atomic mass is 32.2. The molecule has 23 heavy (non-hydrogen) atoms. The van der Waals surface area contributed by atoms with Gasteiger partial charge < -0.3 is 10.2 Å². The Bertz CT molecular complexity index is 760. The Morgan fingerprint density at radius 3 is 2.74 bits per heavy atom. The van der Waals surface area contributed by atoms with Gasteiger partial charge in [0.15, 0.2) is 0 Å². The molecular formula is C18H18N2O2S. The second-order valence-corrected chi connectivity index (χ2v) is 6.37. The summed E-state index contributed by atoms with van der Waals surface area (Å²) in [5.74, 6) is -0.259. The van der Waals surface area contributed by atoms with E-state index < -0.39 is 6.04 Å². The molecule has 1 aliphatic heterocycles. The van der Waals surface area contributed by atoms with Crippen LogP contribution in [0.4, 0.5) is 5.69 Å². The lowest BCUT2D eigenvalue weighted by Gasteiger charge is -2.23. The van der Waals surface area contributed by atoms with Crippen molar-refractivity contribution in [3.8, 4) is 0 Å². The quantitative estimate of drug-likeness (QED) is 0.876. The monoisotopic (exact) mass is 326 g/mol. The molecule has 1 heterocycles. The van der Waals surface area contributed by atoms with E-state index in [0.29, 0.717) is 12.1 Å². The van der Waals surface area contributed by atoms with E-state index in [4.69, 9.17) is 0 Å². The fraction of sp³-hybridized carbons (Fsp3) is 0.222. The van der Waals surface area contributed by atoms with Crippen LogP contribution in [0.5, 0.6) is 0 Å². The van der Waals surface area contributed by atoms with Crippen LogP contribution >= 0.6 is 11.8 Å². The summed E-state index contributed by atoms with van der Waals surface area (Å²) in [5.41, 5.74) is 2.41. The fourth-order valence-electron chi connectivity index (χ4n) is 2.68. The molecule has 0 spiro atoms. The Hall–Kier alpha value is -2.27. The molecule has 0 aromatic heterocycles. The van der Waals surface area contributed by atoms with Crippen LogP contribution in [-0.4, -0.2) is 29.0 Å². The highest BCUT2D eigenvalue weighted by Gasteiger charge is 2.33. The van der Waals surface area contributed by atoms with Crippen LogP contribution in [0.15, 0.2) is 53.4 Å². The molecule has 2 amide bonds. The maximum absolute atomic E-state index is 12.5. The number of amides is 2. The van der Waals surface area contributed by atoms with Gasteiger partial charge in [-0.3, -0.25) is 9.59 Å². The van der Waals surface area contributed by atoms with Crippen molar-refractivity contribution in [2.75, 3.05) is 11.6 Å². The van der Waals surface area contributed by atoms with Crippen LogP contribution in [0, 0.1) is 0 Å². The number of hydrogen-bond acceptors (Lipinski definition) is 3. The van der Waals surface area contributed by atoms with Gasteiger partial charge in [0, 0.05) is 22.7 Å². The number of thioether (sulfide) groups is 1. The molecule has 0 saturated heterocycles. The minimum atomic E-state index is -0.521. The van der Waals surface area contributed by atoms with Crippen molar-refractivity contribution in [2.45, 2.75) is 24.4 Å². The van der Waals surface area contributed by atoms with Crippen molar-refractivity contribution >= 4 is 29.3 Å². The van der Waals surface area contributed by atoms with Crippen molar-refractivity contribution in [2.24, 2.45) is 0 Å². The first-order valence-electron chi connectivity index (χ1n) is 7.44. The Labute approximate surface area is 139 Å². The van der Waals surface area contributed by atoms with Gasteiger partial charge in [0.05, 0.1) is 0 Å². The first-order valence-corrected chi connectivity index (χ1v) is 8.66. The van der Waals surface area contributed by atoms with E-state index in [1.54, 1.807) is 23.6 Å². The number of nitrogens with zero attached hydrogens (tertiary/aromatic N) is 1. The van der Waals surface area contributed by atoms with E-state index in [1.165, 1.54) is 0 Å². The summed E-state index contributed by atoms with van der Waals surface area (Å²) < 4.78 is 0. The molecule has 2 aromatic rings. The summed E-state index contributed by atoms with van der Waals surface area (Å²) >= 11 is 1.62. The smallest absolute Gasteiger partial charge is 0.255 e. The van der Waals surface area contributed by atoms with Gasteiger partial charge in [-0.1, -0.05) is 24.3 Å². The summed E-state index contributed by atoms with van der Waals surface area (Å²) in [6, 6.07) is 14.7. The lowest BCUT2D eigenvalue weighted by Crippen LogP contribution is -2.42. The molecule has 0 saturated carbocycles. The van der Waals surface area contributed by atoms with Crippen LogP contribution in [0.1, 0.15) is 22.8 Å². The highest BCUT2D eigenvalue weighted by molar-refractivity contribution is 7.98.